The molecule has 0 aliphatic rings. The molecular weight excluding hydrogens is 386 g/mol. The van der Waals surface area contributed by atoms with Gasteiger partial charge in [-0.25, -0.2) is 4.79 Å². The van der Waals surface area contributed by atoms with Crippen molar-refractivity contribution < 1.29 is 19.2 Å². The Bertz CT molecular complexity index is 942. The van der Waals surface area contributed by atoms with Crippen LogP contribution in [0.3, 0.4) is 0 Å². The van der Waals surface area contributed by atoms with Crippen LogP contribution >= 0.6 is 0 Å². The third-order valence-electron chi connectivity index (χ3n) is 3.88. The number of carbonyl (C=O) groups excluding carboxylic acids is 4. The summed E-state index contributed by atoms with van der Waals surface area (Å²) in [6.07, 6.45) is 0.0183. The topological polar surface area (TPSA) is 142 Å². The highest BCUT2D eigenvalue weighted by atomic mass is 16.2. The highest BCUT2D eigenvalue weighted by Crippen LogP contribution is 2.18. The number of benzene rings is 2. The van der Waals surface area contributed by atoms with Gasteiger partial charge in [0.25, 0.3) is 11.8 Å². The maximum atomic E-state index is 12.7. The van der Waals surface area contributed by atoms with E-state index in [1.54, 1.807) is 42.5 Å². The largest absolute Gasteiger partial charge is 0.370 e. The van der Waals surface area contributed by atoms with Gasteiger partial charge in [-0.05, 0) is 44.2 Å². The van der Waals surface area contributed by atoms with Gasteiger partial charge in [0.05, 0.1) is 11.3 Å². The minimum Gasteiger partial charge on any atom is -0.370 e. The number of rotatable bonds is 8. The molecule has 0 fully saturated rings. The number of hydrogen-bond donors (Lipinski definition) is 5. The van der Waals surface area contributed by atoms with E-state index in [4.69, 9.17) is 5.73 Å². The van der Waals surface area contributed by atoms with E-state index in [-0.39, 0.29) is 30.6 Å². The van der Waals surface area contributed by atoms with Crippen LogP contribution in [0.5, 0.6) is 0 Å². The van der Waals surface area contributed by atoms with Gasteiger partial charge in [-0.3, -0.25) is 14.4 Å². The summed E-state index contributed by atoms with van der Waals surface area (Å²) in [5, 5.41) is 10.6. The van der Waals surface area contributed by atoms with Crippen LogP contribution in [0.15, 0.2) is 48.5 Å². The van der Waals surface area contributed by atoms with E-state index >= 15 is 0 Å². The lowest BCUT2D eigenvalue weighted by Gasteiger charge is -2.13. The quantitative estimate of drug-likeness (QED) is 0.453. The van der Waals surface area contributed by atoms with Crippen LogP contribution in [0, 0.1) is 0 Å². The molecule has 0 atom stereocenters. The first kappa shape index (κ1) is 22.4. The minimum absolute atomic E-state index is 0.0183. The van der Waals surface area contributed by atoms with Gasteiger partial charge in [-0.15, -0.1) is 0 Å². The van der Waals surface area contributed by atoms with E-state index in [0.29, 0.717) is 16.9 Å². The van der Waals surface area contributed by atoms with E-state index < -0.39 is 17.7 Å². The molecule has 0 bridgehead atoms. The van der Waals surface area contributed by atoms with Crippen LogP contribution in [-0.2, 0) is 4.79 Å². The lowest BCUT2D eigenvalue weighted by Crippen LogP contribution is -2.34. The summed E-state index contributed by atoms with van der Waals surface area (Å²) < 4.78 is 0. The van der Waals surface area contributed by atoms with Crippen molar-refractivity contribution in [2.45, 2.75) is 26.3 Å². The van der Waals surface area contributed by atoms with Crippen molar-refractivity contribution in [3.63, 3.8) is 0 Å². The molecule has 158 valence electrons. The van der Waals surface area contributed by atoms with Gasteiger partial charge in [-0.1, -0.05) is 18.2 Å². The Morgan fingerprint density at radius 2 is 1.67 bits per heavy atom. The Kier molecular flexibility index (Phi) is 7.92. The van der Waals surface area contributed by atoms with Crippen LogP contribution in [0.2, 0.25) is 0 Å². The van der Waals surface area contributed by atoms with Gasteiger partial charge in [-0.2, -0.15) is 0 Å². The van der Waals surface area contributed by atoms with E-state index in [2.05, 4.69) is 21.3 Å². The molecule has 0 unspecified atom stereocenters. The maximum Gasteiger partial charge on any atom is 0.319 e. The predicted octanol–water partition coefficient (Wildman–Crippen LogP) is 2.07. The SMILES string of the molecule is CC(C)NC(=O)Nc1cccc(C(=O)Nc2ccccc2C(=O)NCCC(N)=O)c1. The normalized spacial score (nSPS) is 10.2. The Hall–Kier alpha value is -3.88. The van der Waals surface area contributed by atoms with Crippen LogP contribution in [0.1, 0.15) is 41.0 Å². The van der Waals surface area contributed by atoms with Gasteiger partial charge in [0.1, 0.15) is 0 Å². The van der Waals surface area contributed by atoms with Crippen molar-refractivity contribution in [1.29, 1.82) is 0 Å². The van der Waals surface area contributed by atoms with E-state index in [0.717, 1.165) is 0 Å². The number of amides is 5. The van der Waals surface area contributed by atoms with Crippen molar-refractivity contribution in [2.75, 3.05) is 17.2 Å². The molecule has 9 nitrogen and oxygen atoms in total. The van der Waals surface area contributed by atoms with Gasteiger partial charge < -0.3 is 27.0 Å². The number of urea groups is 1. The molecule has 0 saturated carbocycles. The zero-order chi connectivity index (χ0) is 22.1. The third kappa shape index (κ3) is 6.93. The Morgan fingerprint density at radius 1 is 0.933 bits per heavy atom. The van der Waals surface area contributed by atoms with Gasteiger partial charge in [0.15, 0.2) is 0 Å². The smallest absolute Gasteiger partial charge is 0.319 e. The highest BCUT2D eigenvalue weighted by molar-refractivity contribution is 6.09. The van der Waals surface area contributed by atoms with Crippen molar-refractivity contribution in [1.82, 2.24) is 10.6 Å². The summed E-state index contributed by atoms with van der Waals surface area (Å²) in [6.45, 7) is 3.78. The molecule has 0 aliphatic carbocycles. The second-order valence-corrected chi connectivity index (χ2v) is 6.81. The summed E-state index contributed by atoms with van der Waals surface area (Å²) in [4.78, 5) is 47.7. The lowest BCUT2D eigenvalue weighted by atomic mass is 10.1. The summed E-state index contributed by atoms with van der Waals surface area (Å²) in [7, 11) is 0. The Balaban J connectivity index is 2.09. The number of primary amides is 1. The highest BCUT2D eigenvalue weighted by Gasteiger charge is 2.15. The second kappa shape index (κ2) is 10.6. The van der Waals surface area contributed by atoms with Crippen molar-refractivity contribution in [3.8, 4) is 0 Å². The zero-order valence-electron chi connectivity index (χ0n) is 16.8. The van der Waals surface area contributed by atoms with Crippen LogP contribution in [0.25, 0.3) is 0 Å². The summed E-state index contributed by atoms with van der Waals surface area (Å²) >= 11 is 0. The number of nitrogens with one attached hydrogen (secondary N) is 4. The first-order valence-electron chi connectivity index (χ1n) is 9.40. The number of anilines is 2. The van der Waals surface area contributed by atoms with Gasteiger partial charge in [0, 0.05) is 30.3 Å². The molecule has 0 spiro atoms. The summed E-state index contributed by atoms with van der Waals surface area (Å²) in [5.41, 5.74) is 6.40. The fourth-order valence-electron chi connectivity index (χ4n) is 2.55. The monoisotopic (exact) mass is 411 g/mol. The first-order chi connectivity index (χ1) is 14.3. The molecule has 0 heterocycles. The van der Waals surface area contributed by atoms with Crippen molar-refractivity contribution in [3.05, 3.63) is 59.7 Å². The molecule has 2 aromatic rings. The molecule has 5 amide bonds. The molecule has 2 rings (SSSR count). The van der Waals surface area contributed by atoms with E-state index in [1.807, 2.05) is 13.8 Å². The molecule has 30 heavy (non-hydrogen) atoms. The number of para-hydroxylation sites is 1. The lowest BCUT2D eigenvalue weighted by molar-refractivity contribution is -0.117. The minimum atomic E-state index is -0.521. The molecule has 9 heteroatoms. The summed E-state index contributed by atoms with van der Waals surface area (Å²) in [5.74, 6) is -1.40. The third-order valence-corrected chi connectivity index (χ3v) is 3.88. The standard InChI is InChI=1S/C21H25N5O4/c1-13(2)24-21(30)25-15-7-5-6-14(12-15)19(28)26-17-9-4-3-8-16(17)20(29)23-11-10-18(22)27/h3-9,12-13H,10-11H2,1-2H3,(H2,22,27)(H,23,29)(H,26,28)(H2,24,25,30). The Labute approximate surface area is 174 Å². The average Bonchev–Trinajstić information content (AvgIpc) is 2.67. The van der Waals surface area contributed by atoms with Crippen LogP contribution in [0.4, 0.5) is 16.2 Å². The van der Waals surface area contributed by atoms with Crippen molar-refractivity contribution >= 4 is 35.1 Å². The number of hydrogen-bond acceptors (Lipinski definition) is 4. The molecular formula is C21H25N5O4. The maximum absolute atomic E-state index is 12.7. The molecule has 0 aliphatic heterocycles. The second-order valence-electron chi connectivity index (χ2n) is 6.81. The zero-order valence-corrected chi connectivity index (χ0v) is 16.8. The number of carbonyl (C=O) groups is 4. The average molecular weight is 411 g/mol. The molecule has 0 radical (unpaired) electrons. The molecule has 6 N–H and O–H groups in total. The van der Waals surface area contributed by atoms with Crippen LogP contribution in [-0.4, -0.2) is 36.3 Å². The van der Waals surface area contributed by atoms with E-state index in [9.17, 15) is 19.2 Å². The summed E-state index contributed by atoms with van der Waals surface area (Å²) in [6, 6.07) is 12.5. The fourth-order valence-corrected chi connectivity index (χ4v) is 2.55. The fraction of sp³-hybridized carbons (Fsp3) is 0.238. The molecule has 0 aromatic heterocycles. The van der Waals surface area contributed by atoms with Crippen molar-refractivity contribution in [2.24, 2.45) is 5.73 Å². The van der Waals surface area contributed by atoms with Crippen LogP contribution < -0.4 is 27.0 Å². The first-order valence-corrected chi connectivity index (χ1v) is 9.40. The molecule has 2 aromatic carbocycles. The van der Waals surface area contributed by atoms with Gasteiger partial charge >= 0.3 is 6.03 Å². The predicted molar refractivity (Wildman–Crippen MR) is 114 cm³/mol. The number of nitrogens with two attached hydrogens (primary N) is 1. The van der Waals surface area contributed by atoms with E-state index in [1.165, 1.54) is 6.07 Å². The van der Waals surface area contributed by atoms with Gasteiger partial charge in [0.2, 0.25) is 5.91 Å². The Morgan fingerprint density at radius 3 is 2.37 bits per heavy atom. The molecule has 0 saturated heterocycles.